The number of allylic oxidation sites excluding steroid dienone is 2. The molecule has 1 amide bonds. The highest BCUT2D eigenvalue weighted by molar-refractivity contribution is 5.72. The fourth-order valence-corrected chi connectivity index (χ4v) is 1.69. The van der Waals surface area contributed by atoms with E-state index in [9.17, 15) is 4.79 Å². The zero-order valence-electron chi connectivity index (χ0n) is 11.5. The number of carbonyl (C=O) groups is 1. The molecule has 1 unspecified atom stereocenters. The maximum Gasteiger partial charge on any atom is 0.410 e. The van der Waals surface area contributed by atoms with Gasteiger partial charge in [-0.05, 0) is 33.8 Å². The molecule has 0 aromatic carbocycles. The number of amides is 1. The largest absolute Gasteiger partial charge is 0.487 e. The Balaban J connectivity index is 2.46. The van der Waals surface area contributed by atoms with Crippen LogP contribution in [0.5, 0.6) is 0 Å². The Labute approximate surface area is 108 Å². The van der Waals surface area contributed by atoms with Crippen molar-refractivity contribution in [3.05, 3.63) is 11.8 Å². The SMILES string of the molecule is CC=C(C=N)OC1CCN(C(=O)OC(C)(C)C)C1. The summed E-state index contributed by atoms with van der Waals surface area (Å²) in [7, 11) is 0. The second-order valence-electron chi connectivity index (χ2n) is 5.29. The highest BCUT2D eigenvalue weighted by Gasteiger charge is 2.30. The minimum atomic E-state index is -0.473. The van der Waals surface area contributed by atoms with Gasteiger partial charge in [-0.25, -0.2) is 4.79 Å². The summed E-state index contributed by atoms with van der Waals surface area (Å²) in [4.78, 5) is 13.5. The van der Waals surface area contributed by atoms with Gasteiger partial charge in [-0.1, -0.05) is 0 Å². The molecule has 0 saturated carbocycles. The lowest BCUT2D eigenvalue weighted by molar-refractivity contribution is 0.0262. The quantitative estimate of drug-likeness (QED) is 0.622. The van der Waals surface area contributed by atoms with Gasteiger partial charge >= 0.3 is 6.09 Å². The molecule has 5 heteroatoms. The van der Waals surface area contributed by atoms with Crippen molar-refractivity contribution in [1.29, 1.82) is 5.41 Å². The van der Waals surface area contributed by atoms with Crippen molar-refractivity contribution in [1.82, 2.24) is 4.90 Å². The molecule has 1 heterocycles. The topological polar surface area (TPSA) is 62.6 Å². The molecule has 1 N–H and O–H groups in total. The first kappa shape index (κ1) is 14.5. The van der Waals surface area contributed by atoms with Crippen LogP contribution in [0.25, 0.3) is 0 Å². The Morgan fingerprint density at radius 3 is 2.61 bits per heavy atom. The molecule has 1 aliphatic rings. The molecule has 0 bridgehead atoms. The number of likely N-dealkylation sites (tertiary alicyclic amines) is 1. The number of nitrogens with zero attached hydrogens (tertiary/aromatic N) is 1. The van der Waals surface area contributed by atoms with Gasteiger partial charge in [0.2, 0.25) is 0 Å². The Morgan fingerprint density at radius 2 is 2.11 bits per heavy atom. The fourth-order valence-electron chi connectivity index (χ4n) is 1.69. The van der Waals surface area contributed by atoms with Crippen molar-refractivity contribution < 1.29 is 14.3 Å². The third-order valence-corrected chi connectivity index (χ3v) is 2.53. The van der Waals surface area contributed by atoms with E-state index >= 15 is 0 Å². The molecular formula is C13H22N2O3. The predicted octanol–water partition coefficient (Wildman–Crippen LogP) is 2.57. The highest BCUT2D eigenvalue weighted by atomic mass is 16.6. The van der Waals surface area contributed by atoms with E-state index in [4.69, 9.17) is 14.9 Å². The molecule has 0 aromatic heterocycles. The maximum absolute atomic E-state index is 11.8. The summed E-state index contributed by atoms with van der Waals surface area (Å²) >= 11 is 0. The number of ether oxygens (including phenoxy) is 2. The lowest BCUT2D eigenvalue weighted by Gasteiger charge is -2.24. The van der Waals surface area contributed by atoms with Crippen molar-refractivity contribution in [2.24, 2.45) is 0 Å². The van der Waals surface area contributed by atoms with E-state index in [1.54, 1.807) is 11.0 Å². The van der Waals surface area contributed by atoms with Gasteiger partial charge in [0.25, 0.3) is 0 Å². The van der Waals surface area contributed by atoms with Gasteiger partial charge in [-0.3, -0.25) is 0 Å². The monoisotopic (exact) mass is 254 g/mol. The van der Waals surface area contributed by atoms with Gasteiger partial charge in [-0.2, -0.15) is 0 Å². The van der Waals surface area contributed by atoms with Gasteiger partial charge in [0.05, 0.1) is 12.8 Å². The molecule has 1 rings (SSSR count). The smallest absolute Gasteiger partial charge is 0.410 e. The maximum atomic E-state index is 11.8. The summed E-state index contributed by atoms with van der Waals surface area (Å²) in [5.41, 5.74) is -0.473. The molecule has 1 atom stereocenters. The number of rotatable bonds is 3. The molecule has 102 valence electrons. The first-order chi connectivity index (χ1) is 8.35. The lowest BCUT2D eigenvalue weighted by Crippen LogP contribution is -2.36. The van der Waals surface area contributed by atoms with Crippen molar-refractivity contribution in [3.8, 4) is 0 Å². The van der Waals surface area contributed by atoms with Crippen molar-refractivity contribution in [2.45, 2.75) is 45.8 Å². The van der Waals surface area contributed by atoms with Crippen LogP contribution >= 0.6 is 0 Å². The van der Waals surface area contributed by atoms with Gasteiger partial charge in [0, 0.05) is 13.0 Å². The summed E-state index contributed by atoms with van der Waals surface area (Å²) < 4.78 is 10.9. The van der Waals surface area contributed by atoms with E-state index in [2.05, 4.69) is 0 Å². The van der Waals surface area contributed by atoms with Crippen molar-refractivity contribution in [3.63, 3.8) is 0 Å². The minimum absolute atomic E-state index is 0.0506. The first-order valence-corrected chi connectivity index (χ1v) is 6.17. The van der Waals surface area contributed by atoms with Crippen LogP contribution in [0.3, 0.4) is 0 Å². The minimum Gasteiger partial charge on any atom is -0.487 e. The van der Waals surface area contributed by atoms with Gasteiger partial charge in [0.15, 0.2) is 0 Å². The predicted molar refractivity (Wildman–Crippen MR) is 69.8 cm³/mol. The number of nitrogens with one attached hydrogen (secondary N) is 1. The molecule has 0 spiro atoms. The molecule has 18 heavy (non-hydrogen) atoms. The Hall–Kier alpha value is -1.52. The molecule has 1 saturated heterocycles. The average Bonchev–Trinajstić information content (AvgIpc) is 2.72. The first-order valence-electron chi connectivity index (χ1n) is 6.17. The van der Waals surface area contributed by atoms with Gasteiger partial charge in [0.1, 0.15) is 17.5 Å². The van der Waals surface area contributed by atoms with Crippen LogP contribution in [0.15, 0.2) is 11.8 Å². The molecule has 0 aromatic rings. The van der Waals surface area contributed by atoms with Crippen molar-refractivity contribution in [2.75, 3.05) is 13.1 Å². The molecule has 0 aliphatic carbocycles. The average molecular weight is 254 g/mol. The standard InChI is InChI=1S/C13H22N2O3/c1-5-10(8-14)17-11-6-7-15(9-11)12(16)18-13(2,3)4/h5,8,11,14H,6-7,9H2,1-4H3. The van der Waals surface area contributed by atoms with Gasteiger partial charge < -0.3 is 19.8 Å². The number of hydrogen-bond acceptors (Lipinski definition) is 4. The summed E-state index contributed by atoms with van der Waals surface area (Å²) in [6, 6.07) is 0. The van der Waals surface area contributed by atoms with Crippen LogP contribution in [0.1, 0.15) is 34.1 Å². The van der Waals surface area contributed by atoms with E-state index < -0.39 is 5.60 Å². The van der Waals surface area contributed by atoms with Gasteiger partial charge in [-0.15, -0.1) is 0 Å². The third kappa shape index (κ3) is 4.39. The van der Waals surface area contributed by atoms with Crippen molar-refractivity contribution >= 4 is 12.3 Å². The Kier molecular flexibility index (Phi) is 4.76. The summed E-state index contributed by atoms with van der Waals surface area (Å²) in [5, 5.41) is 7.15. The zero-order chi connectivity index (χ0) is 13.8. The molecule has 1 fully saturated rings. The molecule has 5 nitrogen and oxygen atoms in total. The van der Waals surface area contributed by atoms with E-state index in [-0.39, 0.29) is 12.2 Å². The van der Waals surface area contributed by atoms with Crippen LogP contribution in [-0.2, 0) is 9.47 Å². The normalized spacial score (nSPS) is 20.8. The van der Waals surface area contributed by atoms with Crippen LogP contribution in [0.4, 0.5) is 4.79 Å². The Morgan fingerprint density at radius 1 is 1.44 bits per heavy atom. The number of hydrogen-bond donors (Lipinski definition) is 1. The second-order valence-corrected chi connectivity index (χ2v) is 5.29. The van der Waals surface area contributed by atoms with Crippen LogP contribution in [0.2, 0.25) is 0 Å². The summed E-state index contributed by atoms with van der Waals surface area (Å²) in [5.74, 6) is 0.533. The number of carbonyl (C=O) groups excluding carboxylic acids is 1. The fraction of sp³-hybridized carbons (Fsp3) is 0.692. The van der Waals surface area contributed by atoms with E-state index in [1.807, 2.05) is 27.7 Å². The molecular weight excluding hydrogens is 232 g/mol. The Bertz CT molecular complexity index is 345. The zero-order valence-corrected chi connectivity index (χ0v) is 11.5. The van der Waals surface area contributed by atoms with E-state index in [1.165, 1.54) is 6.21 Å². The third-order valence-electron chi connectivity index (χ3n) is 2.53. The van der Waals surface area contributed by atoms with Crippen LogP contribution < -0.4 is 0 Å². The summed E-state index contributed by atoms with van der Waals surface area (Å²) in [6.45, 7) is 8.52. The molecule has 0 radical (unpaired) electrons. The second kappa shape index (κ2) is 5.89. The van der Waals surface area contributed by atoms with E-state index in [0.29, 0.717) is 18.8 Å². The lowest BCUT2D eigenvalue weighted by atomic mass is 10.2. The molecule has 1 aliphatic heterocycles. The van der Waals surface area contributed by atoms with E-state index in [0.717, 1.165) is 6.42 Å². The summed E-state index contributed by atoms with van der Waals surface area (Å²) in [6.07, 6.45) is 3.33. The van der Waals surface area contributed by atoms with Crippen LogP contribution in [0, 0.1) is 5.41 Å². The van der Waals surface area contributed by atoms with Crippen LogP contribution in [-0.4, -0.2) is 42.0 Å². The highest BCUT2D eigenvalue weighted by Crippen LogP contribution is 2.18.